The van der Waals surface area contributed by atoms with Gasteiger partial charge in [0.15, 0.2) is 5.96 Å². The van der Waals surface area contributed by atoms with Gasteiger partial charge >= 0.3 is 0 Å². The first-order valence-electron chi connectivity index (χ1n) is 10.3. The van der Waals surface area contributed by atoms with Crippen LogP contribution >= 0.6 is 24.0 Å². The molecule has 7 nitrogen and oxygen atoms in total. The van der Waals surface area contributed by atoms with Gasteiger partial charge in [-0.2, -0.15) is 0 Å². The lowest BCUT2D eigenvalue weighted by Gasteiger charge is -2.28. The summed E-state index contributed by atoms with van der Waals surface area (Å²) in [4.78, 5) is 7.29. The summed E-state index contributed by atoms with van der Waals surface area (Å²) >= 11 is 0. The minimum absolute atomic E-state index is 0. The Hall–Kier alpha value is -1.78. The summed E-state index contributed by atoms with van der Waals surface area (Å²) < 4.78 is 10.9. The number of hydrogen-bond donors (Lipinski definition) is 3. The second-order valence-electron chi connectivity index (χ2n) is 7.13. The second-order valence-corrected chi connectivity index (χ2v) is 7.13. The Kier molecular flexibility index (Phi) is 10.5. The van der Waals surface area contributed by atoms with E-state index in [-0.39, 0.29) is 30.0 Å². The van der Waals surface area contributed by atoms with Crippen LogP contribution in [-0.4, -0.2) is 55.8 Å². The zero-order valence-corrected chi connectivity index (χ0v) is 20.0. The number of aliphatic imine (C=N–C) groups is 1. The zero-order valence-electron chi connectivity index (χ0n) is 17.7. The van der Waals surface area contributed by atoms with E-state index in [9.17, 15) is 5.11 Å². The number of furan rings is 1. The fourth-order valence-electron chi connectivity index (χ4n) is 3.70. The van der Waals surface area contributed by atoms with Crippen LogP contribution < -0.4 is 15.4 Å². The Morgan fingerprint density at radius 3 is 2.63 bits per heavy atom. The maximum atomic E-state index is 10.3. The average Bonchev–Trinajstić information content (AvgIpc) is 3.46. The second kappa shape index (κ2) is 12.8. The molecule has 1 aromatic heterocycles. The number of aliphatic hydroxyl groups excluding tert-OH is 1. The molecule has 0 saturated carbocycles. The third-order valence-corrected chi connectivity index (χ3v) is 5.18. The highest BCUT2D eigenvalue weighted by molar-refractivity contribution is 14.0. The summed E-state index contributed by atoms with van der Waals surface area (Å²) in [7, 11) is 1.71. The van der Waals surface area contributed by atoms with Crippen molar-refractivity contribution in [1.29, 1.82) is 0 Å². The maximum absolute atomic E-state index is 10.3. The molecule has 1 aromatic carbocycles. The Morgan fingerprint density at radius 2 is 1.97 bits per heavy atom. The number of nitrogens with zero attached hydrogens (tertiary/aromatic N) is 2. The number of hydrogen-bond acceptors (Lipinski definition) is 5. The minimum atomic E-state index is -0.725. The van der Waals surface area contributed by atoms with Gasteiger partial charge in [0.25, 0.3) is 0 Å². The molecule has 2 heterocycles. The molecular formula is C22H33IN4O3. The number of benzene rings is 1. The number of guanidine groups is 1. The predicted molar refractivity (Wildman–Crippen MR) is 130 cm³/mol. The highest BCUT2D eigenvalue weighted by atomic mass is 127. The van der Waals surface area contributed by atoms with Gasteiger partial charge in [0, 0.05) is 12.1 Å². The number of aliphatic hydroxyl groups is 1. The van der Waals surface area contributed by atoms with Crippen molar-refractivity contribution in [3.05, 3.63) is 54.0 Å². The first-order chi connectivity index (χ1) is 14.2. The van der Waals surface area contributed by atoms with Crippen molar-refractivity contribution in [1.82, 2.24) is 15.5 Å². The molecule has 3 N–H and O–H groups in total. The van der Waals surface area contributed by atoms with E-state index in [1.807, 2.05) is 25.1 Å². The summed E-state index contributed by atoms with van der Waals surface area (Å²) in [5, 5.41) is 16.7. The molecule has 1 saturated heterocycles. The topological polar surface area (TPSA) is 82.3 Å². The SMILES string of the molecule is CCNC(=NCC(c1ccccc1OC)N1CCCC1)NCC(O)c1ccco1.I. The third kappa shape index (κ3) is 6.61. The van der Waals surface area contributed by atoms with E-state index in [2.05, 4.69) is 21.6 Å². The number of nitrogens with one attached hydrogen (secondary N) is 2. The smallest absolute Gasteiger partial charge is 0.191 e. The van der Waals surface area contributed by atoms with Gasteiger partial charge in [0.2, 0.25) is 0 Å². The number of rotatable bonds is 9. The molecule has 0 bridgehead atoms. The van der Waals surface area contributed by atoms with Crippen LogP contribution in [0, 0.1) is 0 Å². The summed E-state index contributed by atoms with van der Waals surface area (Å²) in [6.45, 7) is 5.83. The van der Waals surface area contributed by atoms with Crippen molar-refractivity contribution in [2.24, 2.45) is 4.99 Å². The molecule has 0 amide bonds. The van der Waals surface area contributed by atoms with E-state index in [4.69, 9.17) is 14.1 Å². The molecule has 3 rings (SSSR count). The van der Waals surface area contributed by atoms with Crippen LogP contribution in [0.1, 0.15) is 43.2 Å². The van der Waals surface area contributed by atoms with Crippen molar-refractivity contribution >= 4 is 29.9 Å². The number of para-hydroxylation sites is 1. The van der Waals surface area contributed by atoms with Gasteiger partial charge < -0.3 is 24.9 Å². The lowest BCUT2D eigenvalue weighted by molar-refractivity contribution is 0.153. The summed E-state index contributed by atoms with van der Waals surface area (Å²) in [6.07, 6.45) is 3.26. The molecule has 2 unspecified atom stereocenters. The molecule has 8 heteroatoms. The monoisotopic (exact) mass is 528 g/mol. The van der Waals surface area contributed by atoms with E-state index in [0.29, 0.717) is 24.8 Å². The van der Waals surface area contributed by atoms with Crippen molar-refractivity contribution < 1.29 is 14.3 Å². The minimum Gasteiger partial charge on any atom is -0.496 e. The molecule has 0 radical (unpaired) electrons. The largest absolute Gasteiger partial charge is 0.496 e. The molecule has 2 atom stereocenters. The highest BCUT2D eigenvalue weighted by Crippen LogP contribution is 2.31. The van der Waals surface area contributed by atoms with Gasteiger partial charge in [-0.15, -0.1) is 24.0 Å². The quantitative estimate of drug-likeness (QED) is 0.263. The van der Waals surface area contributed by atoms with Crippen LogP contribution in [0.25, 0.3) is 0 Å². The zero-order chi connectivity index (χ0) is 20.5. The van der Waals surface area contributed by atoms with Crippen molar-refractivity contribution in [3.63, 3.8) is 0 Å². The van der Waals surface area contributed by atoms with Crippen LogP contribution in [0.3, 0.4) is 0 Å². The Bertz CT molecular complexity index is 764. The van der Waals surface area contributed by atoms with E-state index in [1.165, 1.54) is 12.8 Å². The first kappa shape index (κ1) is 24.5. The number of likely N-dealkylation sites (tertiary alicyclic amines) is 1. The van der Waals surface area contributed by atoms with E-state index in [0.717, 1.165) is 30.9 Å². The molecule has 0 aliphatic carbocycles. The van der Waals surface area contributed by atoms with Gasteiger partial charge in [-0.05, 0) is 51.1 Å². The fraction of sp³-hybridized carbons (Fsp3) is 0.500. The standard InChI is InChI=1S/C22H32N4O3.HI/c1-3-23-22(25-16-19(27)21-11-8-14-29-21)24-15-18(26-12-6-7-13-26)17-9-4-5-10-20(17)28-2;/h4-5,8-11,14,18-19,27H,3,6-7,12-13,15-16H2,1-2H3,(H2,23,24,25);1H. The summed E-state index contributed by atoms with van der Waals surface area (Å²) in [6, 6.07) is 11.9. The van der Waals surface area contributed by atoms with Gasteiger partial charge in [0.05, 0.1) is 32.5 Å². The highest BCUT2D eigenvalue weighted by Gasteiger charge is 2.25. The van der Waals surface area contributed by atoms with E-state index >= 15 is 0 Å². The molecule has 1 aliphatic rings. The molecule has 30 heavy (non-hydrogen) atoms. The van der Waals surface area contributed by atoms with Crippen LogP contribution in [0.15, 0.2) is 52.1 Å². The molecule has 2 aromatic rings. The first-order valence-corrected chi connectivity index (χ1v) is 10.3. The third-order valence-electron chi connectivity index (χ3n) is 5.18. The van der Waals surface area contributed by atoms with Crippen LogP contribution in [0.4, 0.5) is 0 Å². The Balaban J connectivity index is 0.00000320. The Labute approximate surface area is 195 Å². The molecule has 1 aliphatic heterocycles. The van der Waals surface area contributed by atoms with E-state index in [1.54, 1.807) is 25.5 Å². The number of halogens is 1. The van der Waals surface area contributed by atoms with Crippen molar-refractivity contribution in [3.8, 4) is 5.75 Å². The number of ether oxygens (including phenoxy) is 1. The summed E-state index contributed by atoms with van der Waals surface area (Å²) in [5.41, 5.74) is 1.16. The van der Waals surface area contributed by atoms with Crippen molar-refractivity contribution in [2.45, 2.75) is 31.9 Å². The van der Waals surface area contributed by atoms with Gasteiger partial charge in [0.1, 0.15) is 17.6 Å². The van der Waals surface area contributed by atoms with Crippen LogP contribution in [-0.2, 0) is 0 Å². The molecular weight excluding hydrogens is 495 g/mol. The lowest BCUT2D eigenvalue weighted by atomic mass is 10.0. The van der Waals surface area contributed by atoms with Crippen LogP contribution in [0.5, 0.6) is 5.75 Å². The fourth-order valence-corrected chi connectivity index (χ4v) is 3.70. The van der Waals surface area contributed by atoms with Gasteiger partial charge in [-0.3, -0.25) is 9.89 Å². The van der Waals surface area contributed by atoms with Gasteiger partial charge in [-0.25, -0.2) is 0 Å². The van der Waals surface area contributed by atoms with Crippen molar-refractivity contribution in [2.75, 3.05) is 39.8 Å². The predicted octanol–water partition coefficient (Wildman–Crippen LogP) is 3.33. The normalized spacial score (nSPS) is 16.6. The number of methoxy groups -OCH3 is 1. The van der Waals surface area contributed by atoms with Gasteiger partial charge in [-0.1, -0.05) is 18.2 Å². The lowest BCUT2D eigenvalue weighted by Crippen LogP contribution is -2.40. The average molecular weight is 528 g/mol. The molecule has 166 valence electrons. The molecule has 0 spiro atoms. The van der Waals surface area contributed by atoms with E-state index < -0.39 is 6.10 Å². The molecule has 1 fully saturated rings. The Morgan fingerprint density at radius 1 is 1.20 bits per heavy atom. The maximum Gasteiger partial charge on any atom is 0.191 e. The summed E-state index contributed by atoms with van der Waals surface area (Å²) in [5.74, 6) is 2.11. The van der Waals surface area contributed by atoms with Crippen LogP contribution in [0.2, 0.25) is 0 Å².